The zero-order valence-electron chi connectivity index (χ0n) is 31.7. The lowest BCUT2D eigenvalue weighted by atomic mass is 9.94. The number of nitrogens with zero attached hydrogens (tertiary/aromatic N) is 1. The summed E-state index contributed by atoms with van der Waals surface area (Å²) in [6.45, 7) is 9.71. The van der Waals surface area contributed by atoms with E-state index in [-0.39, 0.29) is 11.9 Å². The van der Waals surface area contributed by atoms with E-state index >= 15 is 0 Å². The lowest BCUT2D eigenvalue weighted by molar-refractivity contribution is -0.149. The van der Waals surface area contributed by atoms with Crippen LogP contribution in [-0.4, -0.2) is 62.5 Å². The molecule has 0 bridgehead atoms. The van der Waals surface area contributed by atoms with Crippen molar-refractivity contribution in [2.45, 2.75) is 206 Å². The van der Waals surface area contributed by atoms with Crippen LogP contribution in [0.3, 0.4) is 0 Å². The van der Waals surface area contributed by atoms with Crippen LogP contribution >= 0.6 is 0 Å². The average molecular weight is 654 g/mol. The molecule has 1 atom stereocenters. The molecule has 0 saturated heterocycles. The Kier molecular flexibility index (Phi) is 38.2. The van der Waals surface area contributed by atoms with E-state index in [1.54, 1.807) is 7.11 Å². The highest BCUT2D eigenvalue weighted by Crippen LogP contribution is 2.21. The van der Waals surface area contributed by atoms with Crippen molar-refractivity contribution in [3.8, 4) is 0 Å². The molecule has 0 fully saturated rings. The van der Waals surface area contributed by atoms with Crippen LogP contribution in [0.15, 0.2) is 0 Å². The van der Waals surface area contributed by atoms with E-state index in [2.05, 4.69) is 18.7 Å². The lowest BCUT2D eigenvalue weighted by Crippen LogP contribution is -2.27. The third-order valence-electron chi connectivity index (χ3n) is 9.71. The van der Waals surface area contributed by atoms with E-state index in [1.807, 2.05) is 0 Å². The second-order valence-electron chi connectivity index (χ2n) is 14.2. The number of hydrogen-bond donors (Lipinski definition) is 1. The molecule has 0 spiro atoms. The number of aliphatic hydroxyl groups is 1. The first kappa shape index (κ1) is 45.3. The number of ether oxygens (including phenoxy) is 2. The average Bonchev–Trinajstić information content (AvgIpc) is 3.06. The number of methoxy groups -OCH3 is 1. The van der Waals surface area contributed by atoms with Crippen molar-refractivity contribution in [2.24, 2.45) is 5.92 Å². The minimum Gasteiger partial charge on any atom is -0.465 e. The van der Waals surface area contributed by atoms with Crippen LogP contribution in [0.4, 0.5) is 0 Å². The predicted molar refractivity (Wildman–Crippen MR) is 200 cm³/mol. The van der Waals surface area contributed by atoms with Gasteiger partial charge < -0.3 is 19.5 Å². The molecule has 276 valence electrons. The SMILES string of the molecule is CCCCCCCCCCCCC(CCCCCCCCCC)C(=O)OCCCCCCN(CCCCO)CCCCCCOC. The highest BCUT2D eigenvalue weighted by molar-refractivity contribution is 5.72. The first-order chi connectivity index (χ1) is 22.7. The quantitative estimate of drug-likeness (QED) is 0.0528. The fourth-order valence-corrected chi connectivity index (χ4v) is 6.58. The Labute approximate surface area is 288 Å². The summed E-state index contributed by atoms with van der Waals surface area (Å²) in [4.78, 5) is 15.7. The van der Waals surface area contributed by atoms with Gasteiger partial charge in [-0.05, 0) is 71.0 Å². The number of unbranched alkanes of at least 4 members (excludes halogenated alkanes) is 23. The standard InChI is InChI=1S/C41H83NO4/c1-4-6-8-10-12-14-15-17-19-25-33-40(32-24-18-16-13-11-9-7-5-2)41(44)46-39-31-23-21-27-35-42(36-28-29-37-43)34-26-20-22-30-38-45-3/h40,43H,4-39H2,1-3H3. The summed E-state index contributed by atoms with van der Waals surface area (Å²) >= 11 is 0. The smallest absolute Gasteiger partial charge is 0.308 e. The van der Waals surface area contributed by atoms with Gasteiger partial charge in [-0.2, -0.15) is 0 Å². The molecule has 46 heavy (non-hydrogen) atoms. The maximum absolute atomic E-state index is 13.1. The molecule has 1 N–H and O–H groups in total. The van der Waals surface area contributed by atoms with Gasteiger partial charge in [-0.1, -0.05) is 155 Å². The second kappa shape index (κ2) is 38.8. The maximum Gasteiger partial charge on any atom is 0.308 e. The van der Waals surface area contributed by atoms with Crippen LogP contribution in [0.1, 0.15) is 206 Å². The number of rotatable bonds is 39. The highest BCUT2D eigenvalue weighted by Gasteiger charge is 2.19. The summed E-state index contributed by atoms with van der Waals surface area (Å²) in [5, 5.41) is 9.19. The van der Waals surface area contributed by atoms with E-state index in [0.29, 0.717) is 13.2 Å². The number of carbonyl (C=O) groups is 1. The number of aliphatic hydroxyl groups excluding tert-OH is 1. The predicted octanol–water partition coefficient (Wildman–Crippen LogP) is 11.8. The normalized spacial score (nSPS) is 12.3. The van der Waals surface area contributed by atoms with Gasteiger partial charge in [0.15, 0.2) is 0 Å². The highest BCUT2D eigenvalue weighted by atomic mass is 16.5. The summed E-state index contributed by atoms with van der Waals surface area (Å²) in [5.74, 6) is 0.190. The third-order valence-corrected chi connectivity index (χ3v) is 9.71. The van der Waals surface area contributed by atoms with Crippen LogP contribution in [0.2, 0.25) is 0 Å². The minimum absolute atomic E-state index is 0.0828. The molecule has 0 rings (SSSR count). The van der Waals surface area contributed by atoms with E-state index < -0.39 is 0 Å². The van der Waals surface area contributed by atoms with Gasteiger partial charge in [-0.3, -0.25) is 4.79 Å². The van der Waals surface area contributed by atoms with E-state index in [9.17, 15) is 9.90 Å². The topological polar surface area (TPSA) is 59.0 Å². The van der Waals surface area contributed by atoms with Crippen molar-refractivity contribution < 1.29 is 19.4 Å². The third kappa shape index (κ3) is 33.3. The molecule has 0 aliphatic heterocycles. The molecule has 0 aromatic carbocycles. The molecule has 0 radical (unpaired) electrons. The summed E-state index contributed by atoms with van der Waals surface area (Å²) in [7, 11) is 1.78. The van der Waals surface area contributed by atoms with E-state index in [1.165, 1.54) is 148 Å². The number of carbonyl (C=O) groups excluding carboxylic acids is 1. The monoisotopic (exact) mass is 654 g/mol. The number of esters is 1. The van der Waals surface area contributed by atoms with Gasteiger partial charge in [0.1, 0.15) is 0 Å². The molecule has 0 heterocycles. The summed E-state index contributed by atoms with van der Waals surface area (Å²) in [6, 6.07) is 0. The van der Waals surface area contributed by atoms with Gasteiger partial charge in [0.05, 0.1) is 12.5 Å². The van der Waals surface area contributed by atoms with Gasteiger partial charge in [-0.25, -0.2) is 0 Å². The molecule has 0 aromatic rings. The van der Waals surface area contributed by atoms with Gasteiger partial charge in [0, 0.05) is 20.3 Å². The van der Waals surface area contributed by atoms with Crippen molar-refractivity contribution in [3.63, 3.8) is 0 Å². The number of hydrogen-bond acceptors (Lipinski definition) is 5. The van der Waals surface area contributed by atoms with Gasteiger partial charge in [0.25, 0.3) is 0 Å². The molecule has 1 unspecified atom stereocenters. The largest absolute Gasteiger partial charge is 0.465 e. The molecule has 0 aromatic heterocycles. The zero-order chi connectivity index (χ0) is 33.6. The van der Waals surface area contributed by atoms with Crippen LogP contribution in [0, 0.1) is 5.92 Å². The van der Waals surface area contributed by atoms with Gasteiger partial charge in [-0.15, -0.1) is 0 Å². The zero-order valence-corrected chi connectivity index (χ0v) is 31.7. The second-order valence-corrected chi connectivity index (χ2v) is 14.2. The maximum atomic E-state index is 13.1. The van der Waals surface area contributed by atoms with Crippen molar-refractivity contribution in [1.29, 1.82) is 0 Å². The molecule has 0 amide bonds. The fraction of sp³-hybridized carbons (Fsp3) is 0.976. The van der Waals surface area contributed by atoms with Crippen LogP contribution in [-0.2, 0) is 14.3 Å². The Bertz CT molecular complexity index is 587. The molecular weight excluding hydrogens is 570 g/mol. The minimum atomic E-state index is 0.0828. The molecule has 0 saturated carbocycles. The van der Waals surface area contributed by atoms with Gasteiger partial charge >= 0.3 is 5.97 Å². The van der Waals surface area contributed by atoms with Crippen LogP contribution < -0.4 is 0 Å². The van der Waals surface area contributed by atoms with Gasteiger partial charge in [0.2, 0.25) is 0 Å². The molecule has 5 heteroatoms. The Morgan fingerprint density at radius 2 is 0.870 bits per heavy atom. The Balaban J connectivity index is 4.29. The lowest BCUT2D eigenvalue weighted by Gasteiger charge is -2.22. The first-order valence-corrected chi connectivity index (χ1v) is 20.7. The Morgan fingerprint density at radius 1 is 0.500 bits per heavy atom. The molecular formula is C41H83NO4. The van der Waals surface area contributed by atoms with Crippen LogP contribution in [0.25, 0.3) is 0 Å². The summed E-state index contributed by atoms with van der Waals surface area (Å²) < 4.78 is 11.0. The first-order valence-electron chi connectivity index (χ1n) is 20.7. The Hall–Kier alpha value is -0.650. The van der Waals surface area contributed by atoms with E-state index in [0.717, 1.165) is 71.2 Å². The van der Waals surface area contributed by atoms with Crippen molar-refractivity contribution in [2.75, 3.05) is 46.6 Å². The molecule has 0 aliphatic carbocycles. The van der Waals surface area contributed by atoms with Crippen molar-refractivity contribution >= 4 is 5.97 Å². The van der Waals surface area contributed by atoms with E-state index in [4.69, 9.17) is 9.47 Å². The van der Waals surface area contributed by atoms with Crippen molar-refractivity contribution in [1.82, 2.24) is 4.90 Å². The Morgan fingerprint density at radius 3 is 1.30 bits per heavy atom. The molecule has 0 aliphatic rings. The molecule has 5 nitrogen and oxygen atoms in total. The van der Waals surface area contributed by atoms with Crippen molar-refractivity contribution in [3.05, 3.63) is 0 Å². The van der Waals surface area contributed by atoms with Crippen LogP contribution in [0.5, 0.6) is 0 Å². The summed E-state index contributed by atoms with van der Waals surface area (Å²) in [6.07, 6.45) is 37.4. The fourth-order valence-electron chi connectivity index (χ4n) is 6.58. The summed E-state index contributed by atoms with van der Waals surface area (Å²) in [5.41, 5.74) is 0.